The van der Waals surface area contributed by atoms with Crippen LogP contribution in [0, 0.1) is 5.92 Å². The summed E-state index contributed by atoms with van der Waals surface area (Å²) in [4.78, 5) is 23.0. The minimum Gasteiger partial charge on any atom is -0.355 e. The molecular formula is C12H14ClN3O4S. The van der Waals surface area contributed by atoms with Crippen molar-refractivity contribution in [2.45, 2.75) is 6.42 Å². The molecule has 1 fully saturated rings. The molecule has 0 aliphatic carbocycles. The number of nitrogens with one attached hydrogen (secondary N) is 3. The summed E-state index contributed by atoms with van der Waals surface area (Å²) >= 11 is 5.96. The molecule has 1 saturated heterocycles. The van der Waals surface area contributed by atoms with Gasteiger partial charge in [-0.05, 0) is 18.2 Å². The van der Waals surface area contributed by atoms with E-state index in [2.05, 4.69) is 15.4 Å². The van der Waals surface area contributed by atoms with Crippen molar-refractivity contribution >= 4 is 44.8 Å². The van der Waals surface area contributed by atoms with Crippen molar-refractivity contribution in [3.05, 3.63) is 23.2 Å². The van der Waals surface area contributed by atoms with Gasteiger partial charge in [0.15, 0.2) is 0 Å². The highest BCUT2D eigenvalue weighted by Crippen LogP contribution is 2.26. The minimum absolute atomic E-state index is 0.152. The van der Waals surface area contributed by atoms with Gasteiger partial charge in [0.2, 0.25) is 21.8 Å². The first-order valence-electron chi connectivity index (χ1n) is 6.09. The largest absolute Gasteiger partial charge is 0.355 e. The van der Waals surface area contributed by atoms with Gasteiger partial charge in [-0.1, -0.05) is 11.6 Å². The lowest BCUT2D eigenvalue weighted by Crippen LogP contribution is -2.24. The van der Waals surface area contributed by atoms with E-state index in [1.807, 2.05) is 0 Å². The molecule has 1 aromatic carbocycles. The maximum absolute atomic E-state index is 11.9. The van der Waals surface area contributed by atoms with Crippen LogP contribution in [0.3, 0.4) is 0 Å². The number of halogens is 1. The van der Waals surface area contributed by atoms with Crippen LogP contribution in [0.2, 0.25) is 5.02 Å². The standard InChI is InChI=1S/C12H14ClN3O4S/c1-21(19,20)16-10-3-2-8(5-9(10)13)15-12(18)7-4-11(17)14-6-7/h2-3,5,7,16H,4,6H2,1H3,(H,14,17)(H,15,18). The van der Waals surface area contributed by atoms with Crippen LogP contribution in [-0.2, 0) is 19.6 Å². The van der Waals surface area contributed by atoms with Crippen LogP contribution in [0.4, 0.5) is 11.4 Å². The molecule has 1 aliphatic heterocycles. The average molecular weight is 332 g/mol. The van der Waals surface area contributed by atoms with E-state index in [4.69, 9.17) is 11.6 Å². The Hall–Kier alpha value is -1.80. The van der Waals surface area contributed by atoms with E-state index < -0.39 is 15.9 Å². The molecule has 2 rings (SSSR count). The number of sulfonamides is 1. The van der Waals surface area contributed by atoms with E-state index in [-0.39, 0.29) is 28.9 Å². The summed E-state index contributed by atoms with van der Waals surface area (Å²) in [7, 11) is -3.42. The quantitative estimate of drug-likeness (QED) is 0.758. The van der Waals surface area contributed by atoms with Crippen LogP contribution < -0.4 is 15.4 Å². The summed E-state index contributed by atoms with van der Waals surface area (Å²) in [5, 5.41) is 5.39. The van der Waals surface area contributed by atoms with E-state index in [9.17, 15) is 18.0 Å². The molecule has 0 radical (unpaired) electrons. The molecule has 3 N–H and O–H groups in total. The number of rotatable bonds is 4. The van der Waals surface area contributed by atoms with E-state index >= 15 is 0 Å². The molecule has 1 atom stereocenters. The lowest BCUT2D eigenvalue weighted by molar-refractivity contribution is -0.123. The Morgan fingerprint density at radius 3 is 2.67 bits per heavy atom. The fraction of sp³-hybridized carbons (Fsp3) is 0.333. The van der Waals surface area contributed by atoms with Crippen molar-refractivity contribution < 1.29 is 18.0 Å². The molecule has 1 aliphatic rings. The Morgan fingerprint density at radius 2 is 2.14 bits per heavy atom. The zero-order valence-corrected chi connectivity index (χ0v) is 12.7. The first kappa shape index (κ1) is 15.6. The van der Waals surface area contributed by atoms with Gasteiger partial charge in [-0.25, -0.2) is 8.42 Å². The second kappa shape index (κ2) is 5.90. The molecule has 21 heavy (non-hydrogen) atoms. The predicted octanol–water partition coefficient (Wildman–Crippen LogP) is 0.786. The van der Waals surface area contributed by atoms with Crippen molar-refractivity contribution in [3.8, 4) is 0 Å². The fourth-order valence-corrected chi connectivity index (χ4v) is 2.77. The average Bonchev–Trinajstić information content (AvgIpc) is 2.78. The lowest BCUT2D eigenvalue weighted by Gasteiger charge is -2.11. The maximum Gasteiger partial charge on any atom is 0.229 e. The van der Waals surface area contributed by atoms with E-state index in [1.165, 1.54) is 18.2 Å². The summed E-state index contributed by atoms with van der Waals surface area (Å²) in [5.74, 6) is -0.848. The molecule has 9 heteroatoms. The molecule has 0 aromatic heterocycles. The van der Waals surface area contributed by atoms with Crippen molar-refractivity contribution in [2.75, 3.05) is 22.8 Å². The van der Waals surface area contributed by atoms with Crippen LogP contribution in [0.25, 0.3) is 0 Å². The number of benzene rings is 1. The first-order chi connectivity index (χ1) is 9.74. The maximum atomic E-state index is 11.9. The van der Waals surface area contributed by atoms with Crippen molar-refractivity contribution in [1.82, 2.24) is 5.32 Å². The van der Waals surface area contributed by atoms with Gasteiger partial charge in [0.05, 0.1) is 22.9 Å². The van der Waals surface area contributed by atoms with Gasteiger partial charge in [0, 0.05) is 18.7 Å². The van der Waals surface area contributed by atoms with E-state index in [0.29, 0.717) is 12.2 Å². The Labute approximate surface area is 127 Å². The SMILES string of the molecule is CS(=O)(=O)Nc1ccc(NC(=O)C2CNC(=O)C2)cc1Cl. The summed E-state index contributed by atoms with van der Waals surface area (Å²) in [5.41, 5.74) is 0.665. The number of carbonyl (C=O) groups excluding carboxylic acids is 2. The van der Waals surface area contributed by atoms with Gasteiger partial charge >= 0.3 is 0 Å². The Bertz CT molecular complexity index is 690. The second-order valence-electron chi connectivity index (χ2n) is 4.76. The smallest absolute Gasteiger partial charge is 0.229 e. The number of hydrogen-bond acceptors (Lipinski definition) is 4. The van der Waals surface area contributed by atoms with Gasteiger partial charge in [-0.2, -0.15) is 0 Å². The zero-order valence-electron chi connectivity index (χ0n) is 11.1. The van der Waals surface area contributed by atoms with E-state index in [1.54, 1.807) is 0 Å². The molecule has 1 aromatic rings. The van der Waals surface area contributed by atoms with Crippen LogP contribution >= 0.6 is 11.6 Å². The predicted molar refractivity (Wildman–Crippen MR) is 79.7 cm³/mol. The minimum atomic E-state index is -3.42. The lowest BCUT2D eigenvalue weighted by atomic mass is 10.1. The van der Waals surface area contributed by atoms with Gasteiger partial charge in [-0.3, -0.25) is 14.3 Å². The molecule has 1 heterocycles. The summed E-state index contributed by atoms with van der Waals surface area (Å²) < 4.78 is 24.5. The Balaban J connectivity index is 2.06. The Morgan fingerprint density at radius 1 is 1.43 bits per heavy atom. The first-order valence-corrected chi connectivity index (χ1v) is 8.36. The van der Waals surface area contributed by atoms with Crippen molar-refractivity contribution in [3.63, 3.8) is 0 Å². The molecule has 1 unspecified atom stereocenters. The zero-order chi connectivity index (χ0) is 15.6. The van der Waals surface area contributed by atoms with Gasteiger partial charge in [-0.15, -0.1) is 0 Å². The number of amides is 2. The van der Waals surface area contributed by atoms with Crippen LogP contribution in [-0.4, -0.2) is 33.0 Å². The highest BCUT2D eigenvalue weighted by molar-refractivity contribution is 7.92. The fourth-order valence-electron chi connectivity index (χ4n) is 1.91. The molecule has 114 valence electrons. The summed E-state index contributed by atoms with van der Waals surface area (Å²) in [6, 6.07) is 4.43. The van der Waals surface area contributed by atoms with Gasteiger partial charge in [0.1, 0.15) is 0 Å². The summed E-state index contributed by atoms with van der Waals surface area (Å²) in [6.07, 6.45) is 1.18. The second-order valence-corrected chi connectivity index (χ2v) is 6.92. The van der Waals surface area contributed by atoms with Gasteiger partial charge < -0.3 is 10.6 Å². The van der Waals surface area contributed by atoms with Crippen LogP contribution in [0.1, 0.15) is 6.42 Å². The third-order valence-electron chi connectivity index (χ3n) is 2.88. The normalized spacial score (nSPS) is 18.2. The number of hydrogen-bond donors (Lipinski definition) is 3. The highest BCUT2D eigenvalue weighted by Gasteiger charge is 2.27. The third-order valence-corrected chi connectivity index (χ3v) is 3.78. The third kappa shape index (κ3) is 4.33. The molecule has 7 nitrogen and oxygen atoms in total. The molecular weight excluding hydrogens is 318 g/mol. The van der Waals surface area contributed by atoms with Crippen molar-refractivity contribution in [1.29, 1.82) is 0 Å². The number of anilines is 2. The summed E-state index contributed by atoms with van der Waals surface area (Å²) in [6.45, 7) is 0.312. The highest BCUT2D eigenvalue weighted by atomic mass is 35.5. The van der Waals surface area contributed by atoms with E-state index in [0.717, 1.165) is 6.26 Å². The van der Waals surface area contributed by atoms with Crippen LogP contribution in [0.15, 0.2) is 18.2 Å². The molecule has 0 bridgehead atoms. The molecule has 2 amide bonds. The Kier molecular flexibility index (Phi) is 4.38. The van der Waals surface area contributed by atoms with Crippen molar-refractivity contribution in [2.24, 2.45) is 5.92 Å². The topological polar surface area (TPSA) is 104 Å². The van der Waals surface area contributed by atoms with Crippen LogP contribution in [0.5, 0.6) is 0 Å². The monoisotopic (exact) mass is 331 g/mol. The number of carbonyl (C=O) groups is 2. The van der Waals surface area contributed by atoms with Gasteiger partial charge in [0.25, 0.3) is 0 Å². The molecule has 0 spiro atoms. The molecule has 0 saturated carbocycles.